The van der Waals surface area contributed by atoms with Crippen molar-refractivity contribution in [2.75, 3.05) is 0 Å². The summed E-state index contributed by atoms with van der Waals surface area (Å²) in [5.41, 5.74) is 7.28. The first-order valence-corrected chi connectivity index (χ1v) is 15.9. The molecule has 0 aliphatic rings. The van der Waals surface area contributed by atoms with Gasteiger partial charge in [-0.3, -0.25) is 0 Å². The first-order chi connectivity index (χ1) is 22.7. The van der Waals surface area contributed by atoms with Crippen LogP contribution in [0, 0.1) is 0 Å². The van der Waals surface area contributed by atoms with Crippen molar-refractivity contribution in [2.24, 2.45) is 0 Å². The fraction of sp³-hybridized carbons (Fsp3) is 0.0222. The molecule has 46 heavy (non-hydrogen) atoms. The molecule has 1 heterocycles. The Labute approximate surface area is 267 Å². The largest absolute Gasteiger partial charge is 0.354 e. The van der Waals surface area contributed by atoms with Gasteiger partial charge in [-0.15, -0.1) is 0 Å². The highest BCUT2D eigenvalue weighted by Gasteiger charge is 2.18. The molecule has 0 fully saturated rings. The van der Waals surface area contributed by atoms with E-state index in [1.807, 2.05) is 6.08 Å². The van der Waals surface area contributed by atoms with E-state index < -0.39 is 0 Å². The van der Waals surface area contributed by atoms with Crippen LogP contribution in [-0.4, -0.2) is 4.98 Å². The first kappa shape index (κ1) is 26.5. The topological polar surface area (TPSA) is 15.8 Å². The molecule has 0 atom stereocenters. The standard InChI is InChI=1S/C45H31N/c1-3-13-30-26-39(33-15-6-5-14-32(33)31(30)4-2)28-22-24-29(25-23-28)40-27-41-35-17-8-10-19-37(35)45-44(38-20-11-12-21-42(38)46-45)43(41)36-18-9-7-16-34(36)40/h3-27,46H,1H2,2H3/b30-13-,31-4+. The summed E-state index contributed by atoms with van der Waals surface area (Å²) in [5, 5.41) is 15.2. The molecule has 9 aromatic rings. The van der Waals surface area contributed by atoms with E-state index in [2.05, 4.69) is 164 Å². The quantitative estimate of drug-likeness (QED) is 0.199. The maximum atomic E-state index is 3.98. The van der Waals surface area contributed by atoms with Gasteiger partial charge in [0.25, 0.3) is 0 Å². The molecule has 0 radical (unpaired) electrons. The van der Waals surface area contributed by atoms with Crippen LogP contribution < -0.4 is 10.4 Å². The maximum Gasteiger partial charge on any atom is 0.0551 e. The van der Waals surface area contributed by atoms with Crippen molar-refractivity contribution < 1.29 is 0 Å². The van der Waals surface area contributed by atoms with Crippen LogP contribution in [0.5, 0.6) is 0 Å². The lowest BCUT2D eigenvalue weighted by Gasteiger charge is -2.15. The van der Waals surface area contributed by atoms with E-state index in [-0.39, 0.29) is 0 Å². The summed E-state index contributed by atoms with van der Waals surface area (Å²) in [5.74, 6) is 0. The van der Waals surface area contributed by atoms with Crippen molar-refractivity contribution in [2.45, 2.75) is 6.92 Å². The first-order valence-electron chi connectivity index (χ1n) is 15.9. The molecular weight excluding hydrogens is 555 g/mol. The molecule has 0 amide bonds. The zero-order valence-corrected chi connectivity index (χ0v) is 25.6. The second-order valence-electron chi connectivity index (χ2n) is 12.1. The second kappa shape index (κ2) is 10.3. The van der Waals surface area contributed by atoms with Crippen molar-refractivity contribution in [1.29, 1.82) is 0 Å². The molecule has 9 rings (SSSR count). The summed E-state index contributed by atoms with van der Waals surface area (Å²) in [6.45, 7) is 6.09. The Morgan fingerprint density at radius 1 is 0.500 bits per heavy atom. The van der Waals surface area contributed by atoms with Gasteiger partial charge in [-0.2, -0.15) is 0 Å². The number of para-hydroxylation sites is 1. The summed E-state index contributed by atoms with van der Waals surface area (Å²) in [6, 6.07) is 49.0. The van der Waals surface area contributed by atoms with Crippen LogP contribution in [0.3, 0.4) is 0 Å². The Morgan fingerprint density at radius 2 is 1.04 bits per heavy atom. The highest BCUT2D eigenvalue weighted by Crippen LogP contribution is 2.45. The highest BCUT2D eigenvalue weighted by molar-refractivity contribution is 6.37. The zero-order chi connectivity index (χ0) is 30.8. The van der Waals surface area contributed by atoms with E-state index in [4.69, 9.17) is 0 Å². The van der Waals surface area contributed by atoms with Gasteiger partial charge in [0.15, 0.2) is 0 Å². The number of aromatic nitrogens is 1. The van der Waals surface area contributed by atoms with Crippen LogP contribution in [0.4, 0.5) is 0 Å². The van der Waals surface area contributed by atoms with Gasteiger partial charge in [-0.05, 0) is 90.1 Å². The Bertz CT molecular complexity index is 2810. The van der Waals surface area contributed by atoms with Gasteiger partial charge in [-0.1, -0.05) is 140 Å². The molecule has 1 aromatic heterocycles. The van der Waals surface area contributed by atoms with Crippen LogP contribution in [0.1, 0.15) is 6.92 Å². The molecule has 1 N–H and O–H groups in total. The highest BCUT2D eigenvalue weighted by atomic mass is 14.7. The number of hydrogen-bond acceptors (Lipinski definition) is 0. The number of hydrogen-bond donors (Lipinski definition) is 1. The maximum absolute atomic E-state index is 3.98. The third-order valence-corrected chi connectivity index (χ3v) is 9.70. The number of rotatable bonds is 3. The summed E-state index contributed by atoms with van der Waals surface area (Å²) in [6.07, 6.45) is 6.18. The van der Waals surface area contributed by atoms with Gasteiger partial charge < -0.3 is 4.98 Å². The minimum Gasteiger partial charge on any atom is -0.354 e. The number of H-pyrrole nitrogens is 1. The minimum absolute atomic E-state index is 1.17. The summed E-state index contributed by atoms with van der Waals surface area (Å²) in [7, 11) is 0. The van der Waals surface area contributed by atoms with Crippen molar-refractivity contribution in [3.8, 4) is 22.3 Å². The third kappa shape index (κ3) is 3.82. The molecule has 216 valence electrons. The molecule has 0 aliphatic heterocycles. The molecule has 8 aromatic carbocycles. The predicted molar refractivity (Wildman–Crippen MR) is 201 cm³/mol. The Balaban J connectivity index is 1.33. The molecule has 0 saturated carbocycles. The number of allylic oxidation sites excluding steroid dienone is 1. The number of nitrogens with one attached hydrogen (secondary N) is 1. The smallest absolute Gasteiger partial charge is 0.0551 e. The molecular formula is C45H31N. The van der Waals surface area contributed by atoms with Crippen molar-refractivity contribution in [1.82, 2.24) is 4.98 Å². The number of fused-ring (bicyclic) bond motifs is 11. The van der Waals surface area contributed by atoms with Crippen LogP contribution in [0.2, 0.25) is 0 Å². The molecule has 0 aliphatic carbocycles. The van der Waals surface area contributed by atoms with Crippen LogP contribution in [-0.2, 0) is 0 Å². The number of benzene rings is 8. The lowest BCUT2D eigenvalue weighted by atomic mass is 9.88. The fourth-order valence-electron chi connectivity index (χ4n) is 7.71. The normalized spacial score (nSPS) is 12.8. The van der Waals surface area contributed by atoms with Gasteiger partial charge in [0.1, 0.15) is 0 Å². The molecule has 0 spiro atoms. The van der Waals surface area contributed by atoms with Gasteiger partial charge in [0.2, 0.25) is 0 Å². The second-order valence-corrected chi connectivity index (χ2v) is 12.1. The molecule has 1 nitrogen and oxygen atoms in total. The summed E-state index contributed by atoms with van der Waals surface area (Å²) >= 11 is 0. The van der Waals surface area contributed by atoms with Crippen LogP contribution >= 0.6 is 0 Å². The Kier molecular flexibility index (Phi) is 5.94. The van der Waals surface area contributed by atoms with E-state index >= 15 is 0 Å². The van der Waals surface area contributed by atoms with E-state index in [0.29, 0.717) is 0 Å². The average molecular weight is 586 g/mol. The lowest BCUT2D eigenvalue weighted by Crippen LogP contribution is -2.25. The Morgan fingerprint density at radius 3 is 1.72 bits per heavy atom. The van der Waals surface area contributed by atoms with Gasteiger partial charge in [0, 0.05) is 27.1 Å². The zero-order valence-electron chi connectivity index (χ0n) is 25.6. The predicted octanol–water partition coefficient (Wildman–Crippen LogP) is 11.0. The lowest BCUT2D eigenvalue weighted by molar-refractivity contribution is 1.55. The van der Waals surface area contributed by atoms with Gasteiger partial charge in [-0.25, -0.2) is 0 Å². The summed E-state index contributed by atoms with van der Waals surface area (Å²) < 4.78 is 0. The molecule has 1 heteroatoms. The van der Waals surface area contributed by atoms with E-state index in [1.165, 1.54) is 97.6 Å². The van der Waals surface area contributed by atoms with Crippen molar-refractivity contribution in [3.63, 3.8) is 0 Å². The average Bonchev–Trinajstić information content (AvgIpc) is 3.51. The third-order valence-electron chi connectivity index (χ3n) is 9.70. The van der Waals surface area contributed by atoms with Crippen molar-refractivity contribution in [3.05, 3.63) is 157 Å². The molecule has 0 bridgehead atoms. The van der Waals surface area contributed by atoms with Crippen molar-refractivity contribution >= 4 is 77.0 Å². The fourth-order valence-corrected chi connectivity index (χ4v) is 7.71. The van der Waals surface area contributed by atoms with Gasteiger partial charge >= 0.3 is 0 Å². The van der Waals surface area contributed by atoms with E-state index in [9.17, 15) is 0 Å². The molecule has 0 unspecified atom stereocenters. The summed E-state index contributed by atoms with van der Waals surface area (Å²) in [4.78, 5) is 3.77. The Hall–Kier alpha value is -5.92. The minimum atomic E-state index is 1.17. The van der Waals surface area contributed by atoms with E-state index in [0.717, 1.165) is 0 Å². The van der Waals surface area contributed by atoms with Crippen LogP contribution in [0.15, 0.2) is 146 Å². The monoisotopic (exact) mass is 585 g/mol. The van der Waals surface area contributed by atoms with Gasteiger partial charge in [0.05, 0.1) is 5.52 Å². The van der Waals surface area contributed by atoms with Crippen LogP contribution in [0.25, 0.3) is 99.3 Å². The number of aromatic amines is 1. The van der Waals surface area contributed by atoms with E-state index in [1.54, 1.807) is 0 Å². The molecule has 0 saturated heterocycles. The SMILES string of the molecule is C=C/C=c1/cc(-c2ccc(-c3cc4c5ccccc5c5[nH]c6ccccc6c5c4c4ccccc34)cc2)c2ccccc2/c1=C/C.